The van der Waals surface area contributed by atoms with E-state index in [1.54, 1.807) is 0 Å². The number of hydrogen-bond acceptors (Lipinski definition) is 4. The summed E-state index contributed by atoms with van der Waals surface area (Å²) in [6, 6.07) is 0.281. The molecule has 0 aromatic carbocycles. The average molecular weight is 215 g/mol. The van der Waals surface area contributed by atoms with Crippen LogP contribution in [0.5, 0.6) is 0 Å². The Morgan fingerprint density at radius 2 is 2.47 bits per heavy atom. The van der Waals surface area contributed by atoms with Crippen LogP contribution in [0.15, 0.2) is 5.16 Å². The summed E-state index contributed by atoms with van der Waals surface area (Å²) >= 11 is 0. The zero-order valence-corrected chi connectivity index (χ0v) is 9.44. The van der Waals surface area contributed by atoms with Crippen LogP contribution in [0, 0.1) is 5.92 Å². The van der Waals surface area contributed by atoms with Crippen LogP contribution < -0.4 is 11.1 Å². The van der Waals surface area contributed by atoms with Gasteiger partial charge in [0.25, 0.3) is 0 Å². The zero-order valence-electron chi connectivity index (χ0n) is 9.44. The van der Waals surface area contributed by atoms with Gasteiger partial charge in [0.2, 0.25) is 0 Å². The van der Waals surface area contributed by atoms with Crippen LogP contribution in [0.1, 0.15) is 26.7 Å². The Labute approximate surface area is 90.7 Å². The molecule has 1 aliphatic heterocycles. The van der Waals surface area contributed by atoms with Gasteiger partial charge in [-0.05, 0) is 25.7 Å². The van der Waals surface area contributed by atoms with E-state index >= 15 is 0 Å². The molecule has 0 saturated carbocycles. The number of nitrogens with two attached hydrogens (primary N) is 1. The maximum Gasteiger partial charge on any atom is 0.156 e. The molecule has 0 aliphatic carbocycles. The summed E-state index contributed by atoms with van der Waals surface area (Å²) in [7, 11) is 0. The quantitative estimate of drug-likeness (QED) is 0.270. The lowest BCUT2D eigenvalue weighted by molar-refractivity contribution is 0.177. The Morgan fingerprint density at radius 3 is 2.93 bits per heavy atom. The molecule has 1 heterocycles. The summed E-state index contributed by atoms with van der Waals surface area (Å²) in [5, 5.41) is 15.0. The molecule has 88 valence electrons. The number of amidine groups is 1. The number of oxime groups is 1. The highest BCUT2D eigenvalue weighted by molar-refractivity contribution is 5.85. The molecule has 5 nitrogen and oxygen atoms in total. The van der Waals surface area contributed by atoms with Crippen LogP contribution in [0.2, 0.25) is 0 Å². The highest BCUT2D eigenvalue weighted by atomic mass is 16.5. The van der Waals surface area contributed by atoms with Crippen molar-refractivity contribution in [1.29, 1.82) is 0 Å². The van der Waals surface area contributed by atoms with Gasteiger partial charge < -0.3 is 21.0 Å². The Kier molecular flexibility index (Phi) is 4.84. The van der Waals surface area contributed by atoms with Crippen molar-refractivity contribution in [2.75, 3.05) is 13.2 Å². The molecule has 5 heteroatoms. The fraction of sp³-hybridized carbons (Fsp3) is 0.900. The van der Waals surface area contributed by atoms with E-state index in [0.29, 0.717) is 12.0 Å². The molecule has 3 unspecified atom stereocenters. The molecule has 1 fully saturated rings. The van der Waals surface area contributed by atoms with Crippen molar-refractivity contribution >= 4 is 5.84 Å². The van der Waals surface area contributed by atoms with E-state index in [4.69, 9.17) is 15.7 Å². The van der Waals surface area contributed by atoms with E-state index in [1.165, 1.54) is 0 Å². The monoisotopic (exact) mass is 215 g/mol. The highest BCUT2D eigenvalue weighted by Gasteiger charge is 2.24. The van der Waals surface area contributed by atoms with E-state index in [9.17, 15) is 0 Å². The van der Waals surface area contributed by atoms with Gasteiger partial charge in [-0.2, -0.15) is 0 Å². The lowest BCUT2D eigenvalue weighted by atomic mass is 9.99. The first kappa shape index (κ1) is 12.3. The molecule has 4 N–H and O–H groups in total. The van der Waals surface area contributed by atoms with Crippen molar-refractivity contribution in [3.05, 3.63) is 0 Å². The van der Waals surface area contributed by atoms with Gasteiger partial charge in [0.15, 0.2) is 5.84 Å². The predicted octanol–water partition coefficient (Wildman–Crippen LogP) is 0.526. The van der Waals surface area contributed by atoms with Crippen molar-refractivity contribution in [2.24, 2.45) is 16.8 Å². The van der Waals surface area contributed by atoms with Crippen molar-refractivity contribution in [1.82, 2.24) is 5.32 Å². The number of nitrogens with one attached hydrogen (secondary N) is 1. The lowest BCUT2D eigenvalue weighted by Crippen LogP contribution is -2.47. The first-order chi connectivity index (χ1) is 7.19. The van der Waals surface area contributed by atoms with Crippen LogP contribution >= 0.6 is 0 Å². The van der Waals surface area contributed by atoms with Gasteiger partial charge in [0, 0.05) is 12.6 Å². The maximum absolute atomic E-state index is 8.61. The molecule has 15 heavy (non-hydrogen) atoms. The maximum atomic E-state index is 8.61. The Hall–Kier alpha value is -0.810. The van der Waals surface area contributed by atoms with E-state index in [-0.39, 0.29) is 11.9 Å². The molecule has 1 aliphatic rings. The molecular formula is C10H21N3O2. The Morgan fingerprint density at radius 1 is 1.73 bits per heavy atom. The zero-order chi connectivity index (χ0) is 11.3. The van der Waals surface area contributed by atoms with Crippen molar-refractivity contribution in [3.63, 3.8) is 0 Å². The van der Waals surface area contributed by atoms with Crippen molar-refractivity contribution in [3.8, 4) is 0 Å². The summed E-state index contributed by atoms with van der Waals surface area (Å²) in [5.74, 6) is 0.786. The molecule has 1 saturated heterocycles. The van der Waals surface area contributed by atoms with Crippen LogP contribution in [-0.4, -0.2) is 36.3 Å². The SMILES string of the molecule is CCC(NC(C)C1CCOC1)C(N)=NO. The molecule has 3 atom stereocenters. The molecule has 0 radical (unpaired) electrons. The Balaban J connectivity index is 2.43. The first-order valence-corrected chi connectivity index (χ1v) is 5.50. The lowest BCUT2D eigenvalue weighted by Gasteiger charge is -2.24. The van der Waals surface area contributed by atoms with E-state index in [1.807, 2.05) is 6.92 Å². The van der Waals surface area contributed by atoms with Crippen molar-refractivity contribution < 1.29 is 9.94 Å². The van der Waals surface area contributed by atoms with Crippen LogP contribution in [0.3, 0.4) is 0 Å². The van der Waals surface area contributed by atoms with Crippen LogP contribution in [-0.2, 0) is 4.74 Å². The number of ether oxygens (including phenoxy) is 1. The van der Waals surface area contributed by atoms with Crippen LogP contribution in [0.4, 0.5) is 0 Å². The van der Waals surface area contributed by atoms with Crippen molar-refractivity contribution in [2.45, 2.75) is 38.8 Å². The van der Waals surface area contributed by atoms with Crippen LogP contribution in [0.25, 0.3) is 0 Å². The third kappa shape index (κ3) is 3.35. The second kappa shape index (κ2) is 5.92. The van der Waals surface area contributed by atoms with E-state index in [2.05, 4.69) is 17.4 Å². The molecule has 0 aromatic heterocycles. The number of rotatable bonds is 5. The fourth-order valence-electron chi connectivity index (χ4n) is 1.88. The second-order valence-corrected chi connectivity index (χ2v) is 4.06. The first-order valence-electron chi connectivity index (χ1n) is 5.50. The second-order valence-electron chi connectivity index (χ2n) is 4.06. The summed E-state index contributed by atoms with van der Waals surface area (Å²) < 4.78 is 5.33. The molecule has 1 rings (SSSR count). The van der Waals surface area contributed by atoms with Gasteiger partial charge in [-0.25, -0.2) is 0 Å². The average Bonchev–Trinajstić information content (AvgIpc) is 2.77. The highest BCUT2D eigenvalue weighted by Crippen LogP contribution is 2.17. The van der Waals surface area contributed by atoms with Gasteiger partial charge in [-0.1, -0.05) is 12.1 Å². The molecule has 0 bridgehead atoms. The summed E-state index contributed by atoms with van der Waals surface area (Å²) in [4.78, 5) is 0. The van der Waals surface area contributed by atoms with E-state index in [0.717, 1.165) is 26.1 Å². The fourth-order valence-corrected chi connectivity index (χ4v) is 1.88. The molecule has 0 spiro atoms. The van der Waals surface area contributed by atoms with Gasteiger partial charge in [-0.15, -0.1) is 0 Å². The van der Waals surface area contributed by atoms with Gasteiger partial charge in [0.05, 0.1) is 12.6 Å². The van der Waals surface area contributed by atoms with Gasteiger partial charge in [0.1, 0.15) is 0 Å². The Bertz CT molecular complexity index is 215. The van der Waals surface area contributed by atoms with E-state index < -0.39 is 0 Å². The largest absolute Gasteiger partial charge is 0.409 e. The molecule has 0 aromatic rings. The molecular weight excluding hydrogens is 194 g/mol. The third-order valence-electron chi connectivity index (χ3n) is 3.02. The minimum atomic E-state index is -0.0504. The predicted molar refractivity (Wildman–Crippen MR) is 59.0 cm³/mol. The summed E-state index contributed by atoms with van der Waals surface area (Å²) in [6.07, 6.45) is 1.90. The minimum Gasteiger partial charge on any atom is -0.409 e. The van der Waals surface area contributed by atoms with Gasteiger partial charge in [-0.3, -0.25) is 0 Å². The number of hydrogen-bond donors (Lipinski definition) is 3. The topological polar surface area (TPSA) is 79.9 Å². The third-order valence-corrected chi connectivity index (χ3v) is 3.02. The smallest absolute Gasteiger partial charge is 0.156 e. The van der Waals surface area contributed by atoms with Gasteiger partial charge >= 0.3 is 0 Å². The number of nitrogens with zero attached hydrogens (tertiary/aromatic N) is 1. The normalized spacial score (nSPS) is 26.5. The minimum absolute atomic E-state index is 0.0504. The summed E-state index contributed by atoms with van der Waals surface area (Å²) in [5.41, 5.74) is 5.58. The molecule has 0 amide bonds. The standard InChI is InChI=1S/C10H21N3O2/c1-3-9(10(11)13-14)12-7(2)8-4-5-15-6-8/h7-9,12,14H,3-6H2,1-2H3,(H2,11,13). The summed E-state index contributed by atoms with van der Waals surface area (Å²) in [6.45, 7) is 5.78.